The van der Waals surface area contributed by atoms with Gasteiger partial charge in [0.1, 0.15) is 0 Å². The van der Waals surface area contributed by atoms with Crippen LogP contribution in [0.3, 0.4) is 0 Å². The summed E-state index contributed by atoms with van der Waals surface area (Å²) in [6.45, 7) is 1.80. The molecule has 1 aliphatic rings. The van der Waals surface area contributed by atoms with Crippen LogP contribution in [0.15, 0.2) is 66.7 Å². The van der Waals surface area contributed by atoms with Crippen molar-refractivity contribution in [3.05, 3.63) is 77.9 Å². The van der Waals surface area contributed by atoms with Gasteiger partial charge in [0.05, 0.1) is 11.3 Å². The standard InChI is InChI=1S/C25H23F3N6O/c26-25(27,28)18-4-1-3-17(15-18)21-5-2-6-22-32-24(33-34(21)22)31-19-9-7-16(8-10-19)23(35)30-20-11-13-29-14-12-20/h1-10,15,20,29H,11-14H2,(H,30,35)(H,31,33). The van der Waals surface area contributed by atoms with Crippen LogP contribution in [0.1, 0.15) is 28.8 Å². The Morgan fingerprint density at radius 1 is 1.00 bits per heavy atom. The molecule has 3 N–H and O–H groups in total. The predicted octanol–water partition coefficient (Wildman–Crippen LogP) is 4.64. The Balaban J connectivity index is 1.34. The summed E-state index contributed by atoms with van der Waals surface area (Å²) in [5, 5.41) is 13.9. The van der Waals surface area contributed by atoms with Gasteiger partial charge in [0.15, 0.2) is 5.65 Å². The number of pyridine rings is 1. The Labute approximate surface area is 199 Å². The molecular weight excluding hydrogens is 457 g/mol. The van der Waals surface area contributed by atoms with Gasteiger partial charge in [-0.25, -0.2) is 4.52 Å². The molecule has 0 aliphatic carbocycles. The van der Waals surface area contributed by atoms with Crippen LogP contribution in [0.25, 0.3) is 16.9 Å². The molecule has 1 amide bonds. The van der Waals surface area contributed by atoms with Crippen LogP contribution in [0.2, 0.25) is 0 Å². The van der Waals surface area contributed by atoms with Crippen LogP contribution in [-0.2, 0) is 6.18 Å². The van der Waals surface area contributed by atoms with E-state index in [1.807, 2.05) is 0 Å². The lowest BCUT2D eigenvalue weighted by Crippen LogP contribution is -2.42. The summed E-state index contributed by atoms with van der Waals surface area (Å²) in [5.74, 6) is 0.177. The second kappa shape index (κ2) is 9.38. The maximum Gasteiger partial charge on any atom is 0.416 e. The highest BCUT2D eigenvalue weighted by molar-refractivity contribution is 5.94. The molecule has 0 saturated carbocycles. The number of fused-ring (bicyclic) bond motifs is 1. The molecule has 1 fully saturated rings. The molecule has 0 bridgehead atoms. The summed E-state index contributed by atoms with van der Waals surface area (Å²) in [6.07, 6.45) is -2.61. The topological polar surface area (TPSA) is 83.4 Å². The number of halogens is 3. The normalized spacial score (nSPS) is 14.7. The number of benzene rings is 2. The summed E-state index contributed by atoms with van der Waals surface area (Å²) in [7, 11) is 0. The number of carbonyl (C=O) groups is 1. The van der Waals surface area contributed by atoms with Crippen LogP contribution < -0.4 is 16.0 Å². The molecule has 0 spiro atoms. The molecule has 0 unspecified atom stereocenters. The highest BCUT2D eigenvalue weighted by Gasteiger charge is 2.30. The summed E-state index contributed by atoms with van der Waals surface area (Å²) in [4.78, 5) is 16.9. The third-order valence-corrected chi connectivity index (χ3v) is 5.92. The first-order valence-electron chi connectivity index (χ1n) is 11.3. The minimum Gasteiger partial charge on any atom is -0.349 e. The van der Waals surface area contributed by atoms with Gasteiger partial charge in [-0.3, -0.25) is 4.79 Å². The number of aromatic nitrogens is 3. The van der Waals surface area contributed by atoms with Gasteiger partial charge in [-0.1, -0.05) is 18.2 Å². The largest absolute Gasteiger partial charge is 0.416 e. The first-order valence-corrected chi connectivity index (χ1v) is 11.3. The number of carbonyl (C=O) groups excluding carboxylic acids is 1. The Hall–Kier alpha value is -3.92. The molecule has 2 aromatic carbocycles. The maximum atomic E-state index is 13.2. The number of nitrogens with zero attached hydrogens (tertiary/aromatic N) is 3. The highest BCUT2D eigenvalue weighted by atomic mass is 19.4. The third-order valence-electron chi connectivity index (χ3n) is 5.92. The molecule has 7 nitrogen and oxygen atoms in total. The zero-order valence-electron chi connectivity index (χ0n) is 18.6. The molecule has 2 aromatic heterocycles. The van der Waals surface area contributed by atoms with E-state index in [2.05, 4.69) is 26.0 Å². The molecule has 1 saturated heterocycles. The molecule has 1 aliphatic heterocycles. The van der Waals surface area contributed by atoms with Crippen molar-refractivity contribution in [3.8, 4) is 11.3 Å². The smallest absolute Gasteiger partial charge is 0.349 e. The second-order valence-electron chi connectivity index (χ2n) is 8.40. The lowest BCUT2D eigenvalue weighted by molar-refractivity contribution is -0.137. The number of nitrogens with one attached hydrogen (secondary N) is 3. The number of amides is 1. The lowest BCUT2D eigenvalue weighted by atomic mass is 10.1. The lowest BCUT2D eigenvalue weighted by Gasteiger charge is -2.23. The van der Waals surface area contributed by atoms with E-state index in [4.69, 9.17) is 0 Å². The van der Waals surface area contributed by atoms with Crippen molar-refractivity contribution in [3.63, 3.8) is 0 Å². The van der Waals surface area contributed by atoms with E-state index < -0.39 is 11.7 Å². The first kappa shape index (κ1) is 22.9. The van der Waals surface area contributed by atoms with E-state index >= 15 is 0 Å². The SMILES string of the molecule is O=C(NC1CCNCC1)c1ccc(Nc2nc3cccc(-c4cccc(C(F)(F)F)c4)n3n2)cc1. The van der Waals surface area contributed by atoms with E-state index in [1.165, 1.54) is 10.6 Å². The number of anilines is 2. The van der Waals surface area contributed by atoms with Gasteiger partial charge in [-0.2, -0.15) is 18.2 Å². The monoisotopic (exact) mass is 480 g/mol. The van der Waals surface area contributed by atoms with Gasteiger partial charge in [-0.15, -0.1) is 5.10 Å². The Bertz CT molecular complexity index is 1340. The van der Waals surface area contributed by atoms with E-state index in [0.29, 0.717) is 28.2 Å². The van der Waals surface area contributed by atoms with Crippen molar-refractivity contribution in [2.75, 3.05) is 18.4 Å². The van der Waals surface area contributed by atoms with Crippen molar-refractivity contribution >= 4 is 23.2 Å². The van der Waals surface area contributed by atoms with Gasteiger partial charge in [0.2, 0.25) is 5.95 Å². The first-order chi connectivity index (χ1) is 16.9. The molecule has 0 atom stereocenters. The minimum absolute atomic E-state index is 0.111. The third kappa shape index (κ3) is 5.12. The fourth-order valence-corrected chi connectivity index (χ4v) is 4.10. The number of alkyl halides is 3. The molecule has 3 heterocycles. The Morgan fingerprint density at radius 2 is 1.74 bits per heavy atom. The van der Waals surface area contributed by atoms with Gasteiger partial charge >= 0.3 is 6.18 Å². The zero-order valence-corrected chi connectivity index (χ0v) is 18.6. The quantitative estimate of drug-likeness (QED) is 0.388. The average molecular weight is 480 g/mol. The Kier molecular flexibility index (Phi) is 6.12. The van der Waals surface area contributed by atoms with Gasteiger partial charge in [0.25, 0.3) is 5.91 Å². The summed E-state index contributed by atoms with van der Waals surface area (Å²) in [5.41, 5.74) is 1.86. The van der Waals surface area contributed by atoms with E-state index in [0.717, 1.165) is 38.1 Å². The number of hydrogen-bond donors (Lipinski definition) is 3. The summed E-state index contributed by atoms with van der Waals surface area (Å²) < 4.78 is 41.0. The number of hydrogen-bond acceptors (Lipinski definition) is 5. The summed E-state index contributed by atoms with van der Waals surface area (Å²) >= 11 is 0. The van der Waals surface area contributed by atoms with Gasteiger partial charge < -0.3 is 16.0 Å². The average Bonchev–Trinajstić information content (AvgIpc) is 3.27. The highest BCUT2D eigenvalue weighted by Crippen LogP contribution is 2.32. The van der Waals surface area contributed by atoms with Crippen molar-refractivity contribution < 1.29 is 18.0 Å². The molecular formula is C25H23F3N6O. The van der Waals surface area contributed by atoms with Crippen molar-refractivity contribution in [2.45, 2.75) is 25.1 Å². The molecule has 180 valence electrons. The summed E-state index contributed by atoms with van der Waals surface area (Å²) in [6, 6.07) is 17.4. The molecule has 4 aromatic rings. The minimum atomic E-state index is -4.43. The van der Waals surface area contributed by atoms with Crippen LogP contribution in [-0.4, -0.2) is 39.6 Å². The van der Waals surface area contributed by atoms with E-state index in [9.17, 15) is 18.0 Å². The van der Waals surface area contributed by atoms with Crippen molar-refractivity contribution in [2.24, 2.45) is 0 Å². The van der Waals surface area contributed by atoms with Gasteiger partial charge in [-0.05, 0) is 74.5 Å². The van der Waals surface area contributed by atoms with Gasteiger partial charge in [0, 0.05) is 22.9 Å². The van der Waals surface area contributed by atoms with Crippen LogP contribution in [0, 0.1) is 0 Å². The Morgan fingerprint density at radius 3 is 2.49 bits per heavy atom. The zero-order chi connectivity index (χ0) is 24.4. The number of piperidine rings is 1. The van der Waals surface area contributed by atoms with E-state index in [-0.39, 0.29) is 17.9 Å². The molecule has 0 radical (unpaired) electrons. The van der Waals surface area contributed by atoms with E-state index in [1.54, 1.807) is 48.5 Å². The second-order valence-corrected chi connectivity index (χ2v) is 8.40. The fraction of sp³-hybridized carbons (Fsp3) is 0.240. The fourth-order valence-electron chi connectivity index (χ4n) is 4.10. The van der Waals surface area contributed by atoms with Crippen LogP contribution in [0.4, 0.5) is 24.8 Å². The van der Waals surface area contributed by atoms with Crippen LogP contribution >= 0.6 is 0 Å². The number of rotatable bonds is 5. The molecule has 5 rings (SSSR count). The van der Waals surface area contributed by atoms with Crippen molar-refractivity contribution in [1.82, 2.24) is 25.2 Å². The maximum absolute atomic E-state index is 13.2. The van der Waals surface area contributed by atoms with Crippen molar-refractivity contribution in [1.29, 1.82) is 0 Å². The molecule has 35 heavy (non-hydrogen) atoms. The predicted molar refractivity (Wildman–Crippen MR) is 127 cm³/mol. The molecule has 10 heteroatoms. The van der Waals surface area contributed by atoms with Crippen LogP contribution in [0.5, 0.6) is 0 Å².